The molecule has 0 heterocycles. The van der Waals surface area contributed by atoms with Crippen LogP contribution in [0, 0.1) is 5.92 Å². The van der Waals surface area contributed by atoms with Crippen molar-refractivity contribution in [2.45, 2.75) is 77.2 Å². The maximum absolute atomic E-state index is 5.57. The van der Waals surface area contributed by atoms with Crippen molar-refractivity contribution in [3.63, 3.8) is 0 Å². The summed E-state index contributed by atoms with van der Waals surface area (Å²) in [5, 5.41) is 0. The monoisotopic (exact) mass is 212 g/mol. The van der Waals surface area contributed by atoms with E-state index in [2.05, 4.69) is 6.92 Å². The summed E-state index contributed by atoms with van der Waals surface area (Å²) in [6.07, 6.45) is 14.5. The van der Waals surface area contributed by atoms with E-state index in [-0.39, 0.29) is 0 Å². The van der Waals surface area contributed by atoms with Gasteiger partial charge in [0.05, 0.1) is 6.10 Å². The SMILES string of the molecule is COC1CCCCCCCCCC(C)C1. The molecule has 0 bridgehead atoms. The highest BCUT2D eigenvalue weighted by Crippen LogP contribution is 2.22. The Labute approximate surface area is 95.6 Å². The third-order valence-electron chi connectivity index (χ3n) is 3.72. The summed E-state index contributed by atoms with van der Waals surface area (Å²) in [7, 11) is 1.88. The zero-order valence-electron chi connectivity index (χ0n) is 10.6. The quantitative estimate of drug-likeness (QED) is 0.619. The molecule has 0 aliphatic heterocycles. The summed E-state index contributed by atoms with van der Waals surface area (Å²) in [6, 6.07) is 0. The minimum Gasteiger partial charge on any atom is -0.381 e. The fraction of sp³-hybridized carbons (Fsp3) is 1.00. The molecule has 2 atom stereocenters. The van der Waals surface area contributed by atoms with Gasteiger partial charge in [0.15, 0.2) is 0 Å². The van der Waals surface area contributed by atoms with Crippen molar-refractivity contribution in [1.29, 1.82) is 0 Å². The molecule has 0 aromatic heterocycles. The molecule has 0 saturated heterocycles. The van der Waals surface area contributed by atoms with Crippen molar-refractivity contribution in [3.8, 4) is 0 Å². The molecule has 1 aliphatic rings. The highest BCUT2D eigenvalue weighted by molar-refractivity contribution is 4.65. The normalized spacial score (nSPS) is 31.6. The van der Waals surface area contributed by atoms with E-state index in [1.54, 1.807) is 0 Å². The van der Waals surface area contributed by atoms with Gasteiger partial charge in [0, 0.05) is 7.11 Å². The third-order valence-corrected chi connectivity index (χ3v) is 3.72. The Balaban J connectivity index is 2.29. The fourth-order valence-corrected chi connectivity index (χ4v) is 2.65. The number of hydrogen-bond acceptors (Lipinski definition) is 1. The molecular weight excluding hydrogens is 184 g/mol. The maximum Gasteiger partial charge on any atom is 0.0573 e. The predicted molar refractivity (Wildman–Crippen MR) is 66.1 cm³/mol. The first kappa shape index (κ1) is 13.0. The maximum atomic E-state index is 5.57. The standard InChI is InChI=1S/C14H28O/c1-13-10-8-6-4-3-5-7-9-11-14(12-13)15-2/h13-14H,3-12H2,1-2H3. The smallest absolute Gasteiger partial charge is 0.0573 e. The van der Waals surface area contributed by atoms with Crippen molar-refractivity contribution in [3.05, 3.63) is 0 Å². The number of hydrogen-bond donors (Lipinski definition) is 0. The number of rotatable bonds is 1. The largest absolute Gasteiger partial charge is 0.381 e. The van der Waals surface area contributed by atoms with E-state index in [4.69, 9.17) is 4.74 Å². The second kappa shape index (κ2) is 8.15. The molecule has 0 spiro atoms. The Hall–Kier alpha value is -0.0400. The van der Waals surface area contributed by atoms with Gasteiger partial charge in [-0.15, -0.1) is 0 Å². The predicted octanol–water partition coefficient (Wildman–Crippen LogP) is 4.55. The van der Waals surface area contributed by atoms with Crippen molar-refractivity contribution >= 4 is 0 Å². The molecule has 1 nitrogen and oxygen atoms in total. The molecule has 15 heavy (non-hydrogen) atoms. The van der Waals surface area contributed by atoms with E-state index in [1.165, 1.54) is 64.2 Å². The average Bonchev–Trinajstić information content (AvgIpc) is 2.22. The Morgan fingerprint density at radius 1 is 0.800 bits per heavy atom. The third kappa shape index (κ3) is 6.19. The van der Waals surface area contributed by atoms with Gasteiger partial charge in [-0.05, 0) is 18.8 Å². The Morgan fingerprint density at radius 2 is 1.33 bits per heavy atom. The molecule has 0 radical (unpaired) electrons. The minimum atomic E-state index is 0.527. The minimum absolute atomic E-state index is 0.527. The van der Waals surface area contributed by atoms with E-state index in [0.717, 1.165) is 5.92 Å². The molecular formula is C14H28O. The first-order valence-electron chi connectivity index (χ1n) is 6.85. The van der Waals surface area contributed by atoms with Gasteiger partial charge in [-0.1, -0.05) is 58.3 Å². The molecule has 0 aromatic carbocycles. The summed E-state index contributed by atoms with van der Waals surface area (Å²) in [5.41, 5.74) is 0. The first-order chi connectivity index (χ1) is 7.33. The highest BCUT2D eigenvalue weighted by atomic mass is 16.5. The van der Waals surface area contributed by atoms with Gasteiger partial charge in [0.2, 0.25) is 0 Å². The number of ether oxygens (including phenoxy) is 1. The van der Waals surface area contributed by atoms with Crippen molar-refractivity contribution in [1.82, 2.24) is 0 Å². The molecule has 1 fully saturated rings. The van der Waals surface area contributed by atoms with Gasteiger partial charge in [-0.25, -0.2) is 0 Å². The van der Waals surface area contributed by atoms with Crippen LogP contribution in [0.1, 0.15) is 71.1 Å². The summed E-state index contributed by atoms with van der Waals surface area (Å²) in [4.78, 5) is 0. The number of methoxy groups -OCH3 is 1. The summed E-state index contributed by atoms with van der Waals surface area (Å²) in [6.45, 7) is 2.39. The summed E-state index contributed by atoms with van der Waals surface area (Å²) in [5.74, 6) is 0.856. The van der Waals surface area contributed by atoms with E-state index >= 15 is 0 Å². The van der Waals surface area contributed by atoms with E-state index < -0.39 is 0 Å². The lowest BCUT2D eigenvalue weighted by atomic mass is 9.93. The van der Waals surface area contributed by atoms with Crippen LogP contribution in [0.15, 0.2) is 0 Å². The highest BCUT2D eigenvalue weighted by Gasteiger charge is 2.12. The van der Waals surface area contributed by atoms with Crippen LogP contribution in [-0.2, 0) is 4.74 Å². The second-order valence-electron chi connectivity index (χ2n) is 5.25. The van der Waals surface area contributed by atoms with Gasteiger partial charge < -0.3 is 4.74 Å². The van der Waals surface area contributed by atoms with Crippen LogP contribution >= 0.6 is 0 Å². The molecule has 1 aliphatic carbocycles. The van der Waals surface area contributed by atoms with E-state index in [0.29, 0.717) is 6.10 Å². The van der Waals surface area contributed by atoms with E-state index in [9.17, 15) is 0 Å². The lowest BCUT2D eigenvalue weighted by Crippen LogP contribution is -2.15. The van der Waals surface area contributed by atoms with Gasteiger partial charge in [0.1, 0.15) is 0 Å². The zero-order valence-corrected chi connectivity index (χ0v) is 10.6. The Morgan fingerprint density at radius 3 is 1.93 bits per heavy atom. The van der Waals surface area contributed by atoms with Crippen LogP contribution in [0.25, 0.3) is 0 Å². The van der Waals surface area contributed by atoms with Crippen molar-refractivity contribution in [2.75, 3.05) is 7.11 Å². The Kier molecular flexibility index (Phi) is 7.08. The molecule has 1 saturated carbocycles. The van der Waals surface area contributed by atoms with Gasteiger partial charge in [-0.3, -0.25) is 0 Å². The Bertz CT molecular complexity index is 144. The van der Waals surface area contributed by atoms with Crippen LogP contribution in [-0.4, -0.2) is 13.2 Å². The molecule has 2 unspecified atom stereocenters. The fourth-order valence-electron chi connectivity index (χ4n) is 2.65. The molecule has 1 rings (SSSR count). The first-order valence-corrected chi connectivity index (χ1v) is 6.85. The molecule has 90 valence electrons. The van der Waals surface area contributed by atoms with Crippen LogP contribution in [0.4, 0.5) is 0 Å². The molecule has 1 heteroatoms. The van der Waals surface area contributed by atoms with Crippen LogP contribution < -0.4 is 0 Å². The van der Waals surface area contributed by atoms with Crippen LogP contribution in [0.2, 0.25) is 0 Å². The molecule has 0 amide bonds. The average molecular weight is 212 g/mol. The van der Waals surface area contributed by atoms with E-state index in [1.807, 2.05) is 7.11 Å². The van der Waals surface area contributed by atoms with Crippen LogP contribution in [0.5, 0.6) is 0 Å². The molecule has 0 aromatic rings. The second-order valence-corrected chi connectivity index (χ2v) is 5.25. The van der Waals surface area contributed by atoms with Crippen LogP contribution in [0.3, 0.4) is 0 Å². The van der Waals surface area contributed by atoms with Crippen molar-refractivity contribution in [2.24, 2.45) is 5.92 Å². The molecule has 0 N–H and O–H groups in total. The topological polar surface area (TPSA) is 9.23 Å². The van der Waals surface area contributed by atoms with Gasteiger partial charge >= 0.3 is 0 Å². The van der Waals surface area contributed by atoms with Gasteiger partial charge in [-0.2, -0.15) is 0 Å². The van der Waals surface area contributed by atoms with Gasteiger partial charge in [0.25, 0.3) is 0 Å². The summed E-state index contributed by atoms with van der Waals surface area (Å²) >= 11 is 0. The van der Waals surface area contributed by atoms with Crippen molar-refractivity contribution < 1.29 is 4.74 Å². The zero-order chi connectivity index (χ0) is 10.9. The summed E-state index contributed by atoms with van der Waals surface area (Å²) < 4.78 is 5.57. The lowest BCUT2D eigenvalue weighted by Gasteiger charge is -2.20. The lowest BCUT2D eigenvalue weighted by molar-refractivity contribution is 0.0712.